The summed E-state index contributed by atoms with van der Waals surface area (Å²) < 4.78 is 5.29. The van der Waals surface area contributed by atoms with Gasteiger partial charge in [-0.2, -0.15) is 0 Å². The third kappa shape index (κ3) is 5.37. The molecule has 1 aromatic heterocycles. The van der Waals surface area contributed by atoms with Crippen LogP contribution in [-0.2, 0) is 6.54 Å². The van der Waals surface area contributed by atoms with E-state index in [0.29, 0.717) is 30.2 Å². The number of nitrogens with zero attached hydrogens (tertiary/aromatic N) is 1. The minimum Gasteiger partial charge on any atom is -0.497 e. The molecular formula is C23H27N3O3S. The average Bonchev–Trinajstić information content (AvgIpc) is 2.77. The fraction of sp³-hybridized carbons (Fsp3) is 0.304. The summed E-state index contributed by atoms with van der Waals surface area (Å²) >= 11 is 5.64. The summed E-state index contributed by atoms with van der Waals surface area (Å²) in [6, 6.07) is 17.5. The topological polar surface area (TPSA) is 77.6 Å². The van der Waals surface area contributed by atoms with E-state index in [-0.39, 0.29) is 18.2 Å². The Labute approximate surface area is 181 Å². The van der Waals surface area contributed by atoms with Crippen LogP contribution in [0.1, 0.15) is 30.5 Å². The molecule has 0 bridgehead atoms. The molecule has 2 aromatic carbocycles. The number of aromatic amines is 1. The summed E-state index contributed by atoms with van der Waals surface area (Å²) in [4.78, 5) is 17.5. The molecule has 7 heteroatoms. The molecular weight excluding hydrogens is 398 g/mol. The molecule has 0 amide bonds. The van der Waals surface area contributed by atoms with Crippen LogP contribution >= 0.6 is 12.2 Å². The second-order valence-electron chi connectivity index (χ2n) is 7.16. The number of ether oxygens (including phenoxy) is 1. The lowest BCUT2D eigenvalue weighted by Crippen LogP contribution is -2.42. The van der Waals surface area contributed by atoms with Gasteiger partial charge in [-0.25, -0.2) is 0 Å². The number of fused-ring (bicyclic) bond motifs is 1. The smallest absolute Gasteiger partial charge is 0.253 e. The zero-order valence-electron chi connectivity index (χ0n) is 17.2. The fourth-order valence-corrected chi connectivity index (χ4v) is 3.63. The number of rotatable bonds is 8. The van der Waals surface area contributed by atoms with Gasteiger partial charge in [-0.15, -0.1) is 0 Å². The first kappa shape index (κ1) is 21.8. The highest BCUT2D eigenvalue weighted by molar-refractivity contribution is 7.80. The number of H-pyrrole nitrogens is 1. The largest absolute Gasteiger partial charge is 0.497 e. The van der Waals surface area contributed by atoms with Gasteiger partial charge in [-0.1, -0.05) is 30.3 Å². The Morgan fingerprint density at radius 3 is 2.70 bits per heavy atom. The van der Waals surface area contributed by atoms with Crippen LogP contribution in [0.15, 0.2) is 59.4 Å². The van der Waals surface area contributed by atoms with Crippen molar-refractivity contribution in [2.75, 3.05) is 20.3 Å². The van der Waals surface area contributed by atoms with E-state index in [1.54, 1.807) is 7.11 Å². The molecule has 1 unspecified atom stereocenters. The van der Waals surface area contributed by atoms with Gasteiger partial charge in [0.15, 0.2) is 5.11 Å². The number of aliphatic hydroxyl groups excluding tert-OH is 1. The lowest BCUT2D eigenvalue weighted by molar-refractivity contribution is 0.263. The number of hydrogen-bond donors (Lipinski definition) is 3. The van der Waals surface area contributed by atoms with Crippen LogP contribution in [0.2, 0.25) is 0 Å². The van der Waals surface area contributed by atoms with Crippen molar-refractivity contribution >= 4 is 28.2 Å². The molecule has 6 nitrogen and oxygen atoms in total. The third-order valence-electron chi connectivity index (χ3n) is 5.00. The van der Waals surface area contributed by atoms with Crippen LogP contribution < -0.4 is 15.6 Å². The third-order valence-corrected chi connectivity index (χ3v) is 5.38. The summed E-state index contributed by atoms with van der Waals surface area (Å²) in [6.07, 6.45) is 0.556. The number of pyridine rings is 1. The molecule has 3 rings (SSSR count). The molecule has 0 saturated heterocycles. The molecule has 0 aliphatic rings. The number of aliphatic hydroxyl groups is 1. The minimum atomic E-state index is -0.152. The lowest BCUT2D eigenvalue weighted by atomic mass is 10.1. The molecule has 0 saturated carbocycles. The summed E-state index contributed by atoms with van der Waals surface area (Å²) in [5, 5.41) is 14.1. The fourth-order valence-electron chi connectivity index (χ4n) is 3.30. The number of hydrogen-bond acceptors (Lipinski definition) is 4. The predicted octanol–water partition coefficient (Wildman–Crippen LogP) is 3.36. The van der Waals surface area contributed by atoms with E-state index in [2.05, 4.69) is 10.3 Å². The van der Waals surface area contributed by atoms with Crippen LogP contribution in [0.5, 0.6) is 5.75 Å². The maximum Gasteiger partial charge on any atom is 0.253 e. The second kappa shape index (κ2) is 10.2. The van der Waals surface area contributed by atoms with Crippen molar-refractivity contribution in [3.63, 3.8) is 0 Å². The number of thiocarbonyl (C=S) groups is 1. The van der Waals surface area contributed by atoms with Gasteiger partial charge in [0.25, 0.3) is 5.56 Å². The quantitative estimate of drug-likeness (QED) is 0.481. The number of nitrogens with one attached hydrogen (secondary N) is 2. The van der Waals surface area contributed by atoms with Gasteiger partial charge in [0.1, 0.15) is 5.75 Å². The second-order valence-corrected chi connectivity index (χ2v) is 7.54. The van der Waals surface area contributed by atoms with Gasteiger partial charge >= 0.3 is 0 Å². The van der Waals surface area contributed by atoms with Crippen LogP contribution in [0.4, 0.5) is 0 Å². The van der Waals surface area contributed by atoms with Crippen molar-refractivity contribution in [1.82, 2.24) is 15.2 Å². The molecule has 1 atom stereocenters. The van der Waals surface area contributed by atoms with Gasteiger partial charge in [-0.05, 0) is 55.4 Å². The van der Waals surface area contributed by atoms with E-state index < -0.39 is 0 Å². The zero-order valence-corrected chi connectivity index (χ0v) is 18.0. The first-order valence-electron chi connectivity index (χ1n) is 9.93. The first-order chi connectivity index (χ1) is 14.5. The SMILES string of the molecule is COc1ccc2[nH]c(=O)c(CN(CCCO)C(=S)NC(C)c3ccccc3)cc2c1. The van der Waals surface area contributed by atoms with E-state index in [1.165, 1.54) is 0 Å². The van der Waals surface area contributed by atoms with E-state index in [9.17, 15) is 9.90 Å². The summed E-state index contributed by atoms with van der Waals surface area (Å²) in [5.74, 6) is 0.728. The van der Waals surface area contributed by atoms with Crippen molar-refractivity contribution in [3.8, 4) is 5.75 Å². The van der Waals surface area contributed by atoms with Crippen molar-refractivity contribution in [2.45, 2.75) is 25.9 Å². The van der Waals surface area contributed by atoms with Gasteiger partial charge in [0.2, 0.25) is 0 Å². The molecule has 3 N–H and O–H groups in total. The molecule has 1 heterocycles. The average molecular weight is 426 g/mol. The first-order valence-corrected chi connectivity index (χ1v) is 10.3. The summed E-state index contributed by atoms with van der Waals surface area (Å²) in [5.41, 5.74) is 2.33. The van der Waals surface area contributed by atoms with Crippen molar-refractivity contribution < 1.29 is 9.84 Å². The molecule has 30 heavy (non-hydrogen) atoms. The summed E-state index contributed by atoms with van der Waals surface area (Å²) in [7, 11) is 1.61. The Hall–Kier alpha value is -2.90. The Morgan fingerprint density at radius 2 is 2.00 bits per heavy atom. The molecule has 158 valence electrons. The Kier molecular flexibility index (Phi) is 7.43. The highest BCUT2D eigenvalue weighted by atomic mass is 32.1. The molecule has 3 aromatic rings. The van der Waals surface area contributed by atoms with E-state index in [0.717, 1.165) is 22.2 Å². The van der Waals surface area contributed by atoms with Crippen molar-refractivity contribution in [3.05, 3.63) is 76.1 Å². The Balaban J connectivity index is 1.82. The van der Waals surface area contributed by atoms with E-state index >= 15 is 0 Å². The van der Waals surface area contributed by atoms with Crippen LogP contribution in [0, 0.1) is 0 Å². The Morgan fingerprint density at radius 1 is 1.23 bits per heavy atom. The van der Waals surface area contributed by atoms with Gasteiger partial charge in [-0.3, -0.25) is 4.79 Å². The highest BCUT2D eigenvalue weighted by Crippen LogP contribution is 2.19. The highest BCUT2D eigenvalue weighted by Gasteiger charge is 2.16. The van der Waals surface area contributed by atoms with Gasteiger partial charge in [0, 0.05) is 29.6 Å². The maximum atomic E-state index is 12.6. The standard InChI is InChI=1S/C23H27N3O3S/c1-16(17-7-4-3-5-8-17)24-23(30)26(11-6-12-27)15-19-13-18-14-20(29-2)9-10-21(18)25-22(19)28/h3-5,7-10,13-14,16,27H,6,11-12,15H2,1-2H3,(H,24,30)(H,25,28). The normalized spacial score (nSPS) is 11.8. The monoisotopic (exact) mass is 425 g/mol. The lowest BCUT2D eigenvalue weighted by Gasteiger charge is -2.28. The van der Waals surface area contributed by atoms with Crippen LogP contribution in [-0.4, -0.2) is 40.4 Å². The molecule has 0 spiro atoms. The molecule has 0 radical (unpaired) electrons. The van der Waals surface area contributed by atoms with Gasteiger partial charge in [0.05, 0.1) is 19.7 Å². The van der Waals surface area contributed by atoms with Crippen LogP contribution in [0.3, 0.4) is 0 Å². The zero-order chi connectivity index (χ0) is 21.5. The van der Waals surface area contributed by atoms with Crippen molar-refractivity contribution in [2.24, 2.45) is 0 Å². The maximum absolute atomic E-state index is 12.6. The molecule has 0 fully saturated rings. The number of aromatic nitrogens is 1. The van der Waals surface area contributed by atoms with E-state index in [1.807, 2.05) is 66.4 Å². The van der Waals surface area contributed by atoms with Gasteiger partial charge < -0.3 is 25.0 Å². The molecule has 0 aliphatic heterocycles. The predicted molar refractivity (Wildman–Crippen MR) is 124 cm³/mol. The Bertz CT molecular complexity index is 1050. The van der Waals surface area contributed by atoms with E-state index in [4.69, 9.17) is 17.0 Å². The summed E-state index contributed by atoms with van der Waals surface area (Å²) in [6.45, 7) is 2.98. The molecule has 0 aliphatic carbocycles. The number of benzene rings is 2. The number of methoxy groups -OCH3 is 1. The minimum absolute atomic E-state index is 0.0227. The van der Waals surface area contributed by atoms with Crippen LogP contribution in [0.25, 0.3) is 10.9 Å². The van der Waals surface area contributed by atoms with Crippen molar-refractivity contribution in [1.29, 1.82) is 0 Å².